The summed E-state index contributed by atoms with van der Waals surface area (Å²) in [7, 11) is -1.47. The summed E-state index contributed by atoms with van der Waals surface area (Å²) >= 11 is 0. The maximum atomic E-state index is 5.70. The Morgan fingerprint density at radius 1 is 0.625 bits per heavy atom. The molecule has 0 nitrogen and oxygen atoms in total. The molecule has 0 atom stereocenters. The molecule has 0 unspecified atom stereocenters. The van der Waals surface area contributed by atoms with E-state index in [9.17, 15) is 0 Å². The van der Waals surface area contributed by atoms with Crippen LogP contribution in [0.25, 0.3) is 32.3 Å². The maximum Gasteiger partial charge on any atom is 0.129 e. The largest absolute Gasteiger partial charge is 0.129 e. The molecule has 32 heavy (non-hydrogen) atoms. The quantitative estimate of drug-likeness (QED) is 0.141. The summed E-state index contributed by atoms with van der Waals surface area (Å²) < 4.78 is 0. The summed E-state index contributed by atoms with van der Waals surface area (Å²) in [5.41, 5.74) is 7.08. The second-order valence-electron chi connectivity index (χ2n) is 9.16. The van der Waals surface area contributed by atoms with Crippen molar-refractivity contribution >= 4 is 40.4 Å². The van der Waals surface area contributed by atoms with Crippen LogP contribution in [0.2, 0.25) is 19.6 Å². The van der Waals surface area contributed by atoms with Gasteiger partial charge in [0.05, 0.1) is 0 Å². The minimum absolute atomic E-state index is 0.812. The molecule has 0 aliphatic rings. The van der Waals surface area contributed by atoms with E-state index in [0.717, 1.165) is 22.3 Å². The summed E-state index contributed by atoms with van der Waals surface area (Å²) in [6.45, 7) is 6.71. The molecule has 5 rings (SSSR count). The van der Waals surface area contributed by atoms with Gasteiger partial charge in [-0.05, 0) is 56.6 Å². The van der Waals surface area contributed by atoms with E-state index in [1.807, 2.05) is 18.2 Å². The molecule has 5 aromatic carbocycles. The van der Waals surface area contributed by atoms with Gasteiger partial charge in [-0.3, -0.25) is 0 Å². The first-order valence-electron chi connectivity index (χ1n) is 10.7. The highest BCUT2D eigenvalue weighted by Crippen LogP contribution is 2.35. The van der Waals surface area contributed by atoms with E-state index >= 15 is 0 Å². The lowest BCUT2D eigenvalue weighted by Gasteiger charge is -2.11. The van der Waals surface area contributed by atoms with E-state index in [1.54, 1.807) is 0 Å². The third-order valence-corrected chi connectivity index (χ3v) is 6.43. The molecule has 150 valence electrons. The molecular weight excluding hydrogens is 400 g/mol. The number of benzene rings is 5. The number of rotatable bonds is 0. The third kappa shape index (κ3) is 3.74. The second kappa shape index (κ2) is 7.62. The molecule has 0 saturated carbocycles. The van der Waals surface area contributed by atoms with E-state index in [4.69, 9.17) is 6.42 Å². The van der Waals surface area contributed by atoms with Gasteiger partial charge in [0.15, 0.2) is 0 Å². The van der Waals surface area contributed by atoms with Gasteiger partial charge in [0.1, 0.15) is 8.07 Å². The Labute approximate surface area is 190 Å². The maximum absolute atomic E-state index is 5.70. The number of hydrogen-bond donors (Lipinski definition) is 0. The Kier molecular flexibility index (Phi) is 4.76. The molecule has 0 fully saturated rings. The monoisotopic (exact) mass is 422 g/mol. The second-order valence-corrected chi connectivity index (χ2v) is 13.9. The highest BCUT2D eigenvalue weighted by molar-refractivity contribution is 6.83. The van der Waals surface area contributed by atoms with E-state index in [2.05, 4.69) is 103 Å². The molecule has 0 spiro atoms. The van der Waals surface area contributed by atoms with Crippen molar-refractivity contribution in [1.82, 2.24) is 0 Å². The fourth-order valence-electron chi connectivity index (χ4n) is 4.10. The lowest BCUT2D eigenvalue weighted by Crippen LogP contribution is -2.16. The Bertz CT molecular complexity index is 1650. The van der Waals surface area contributed by atoms with Crippen molar-refractivity contribution in [1.29, 1.82) is 0 Å². The van der Waals surface area contributed by atoms with Crippen LogP contribution in [-0.2, 0) is 0 Å². The van der Waals surface area contributed by atoms with E-state index in [-0.39, 0.29) is 0 Å². The fraction of sp³-hybridized carbons (Fsp3) is 0.0968. The van der Waals surface area contributed by atoms with Gasteiger partial charge in [-0.25, -0.2) is 0 Å². The van der Waals surface area contributed by atoms with Crippen molar-refractivity contribution in [2.45, 2.75) is 19.6 Å². The summed E-state index contributed by atoms with van der Waals surface area (Å²) in [5, 5.41) is 7.55. The molecule has 1 heteroatoms. The van der Waals surface area contributed by atoms with Crippen molar-refractivity contribution < 1.29 is 0 Å². The minimum Gasteiger partial charge on any atom is -0.127 e. The summed E-state index contributed by atoms with van der Waals surface area (Å²) in [6.07, 6.45) is 5.70. The van der Waals surface area contributed by atoms with Crippen molar-refractivity contribution in [2.24, 2.45) is 0 Å². The molecule has 0 aromatic heterocycles. The van der Waals surface area contributed by atoms with Crippen molar-refractivity contribution in [3.05, 3.63) is 95.1 Å². The average Bonchev–Trinajstić information content (AvgIpc) is 2.79. The van der Waals surface area contributed by atoms with E-state index in [0.29, 0.717) is 0 Å². The van der Waals surface area contributed by atoms with Crippen LogP contribution in [0.5, 0.6) is 0 Å². The Balaban J connectivity index is 1.66. The summed E-state index contributed by atoms with van der Waals surface area (Å²) in [6, 6.07) is 25.5. The molecule has 0 aliphatic carbocycles. The zero-order valence-electron chi connectivity index (χ0n) is 18.5. The van der Waals surface area contributed by atoms with Gasteiger partial charge >= 0.3 is 0 Å². The van der Waals surface area contributed by atoms with Crippen LogP contribution >= 0.6 is 0 Å². The standard InChI is InChI=1S/C31H22Si/c1-5-22-19-23(21-24(20-22)17-18-32(2,3)4)9-10-25-11-12-28-14-13-26-7-6-8-27-15-16-29(25)31(28)30(26)27/h1,6-8,11-16,19-21H,2-4H3. The van der Waals surface area contributed by atoms with Gasteiger partial charge in [0.25, 0.3) is 0 Å². The average molecular weight is 423 g/mol. The minimum atomic E-state index is -1.47. The van der Waals surface area contributed by atoms with Crippen LogP contribution in [0.15, 0.2) is 72.8 Å². The van der Waals surface area contributed by atoms with Crippen LogP contribution in [0.4, 0.5) is 0 Å². The first-order valence-corrected chi connectivity index (χ1v) is 14.2. The molecule has 0 bridgehead atoms. The van der Waals surface area contributed by atoms with Gasteiger partial charge in [0, 0.05) is 22.3 Å². The third-order valence-electron chi connectivity index (χ3n) is 5.55. The summed E-state index contributed by atoms with van der Waals surface area (Å²) in [5.74, 6) is 12.8. The Morgan fingerprint density at radius 2 is 1.22 bits per heavy atom. The topological polar surface area (TPSA) is 0 Å². The Hall–Kier alpha value is -3.96. The normalized spacial score (nSPS) is 11.1. The van der Waals surface area contributed by atoms with E-state index in [1.165, 1.54) is 32.3 Å². The molecule has 0 amide bonds. The van der Waals surface area contributed by atoms with Crippen molar-refractivity contribution in [3.63, 3.8) is 0 Å². The van der Waals surface area contributed by atoms with Gasteiger partial charge in [0.2, 0.25) is 0 Å². The molecule has 0 radical (unpaired) electrons. The van der Waals surface area contributed by atoms with E-state index < -0.39 is 8.07 Å². The van der Waals surface area contributed by atoms with Crippen LogP contribution < -0.4 is 0 Å². The first-order chi connectivity index (χ1) is 15.4. The number of hydrogen-bond acceptors (Lipinski definition) is 0. The van der Waals surface area contributed by atoms with Crippen molar-refractivity contribution in [3.8, 4) is 35.6 Å². The molecule has 0 N–H and O–H groups in total. The van der Waals surface area contributed by atoms with Crippen LogP contribution in [-0.4, -0.2) is 8.07 Å². The summed E-state index contributed by atoms with van der Waals surface area (Å²) in [4.78, 5) is 0. The van der Waals surface area contributed by atoms with Gasteiger partial charge < -0.3 is 0 Å². The first kappa shape index (κ1) is 20.0. The SMILES string of the molecule is C#Cc1cc(C#Cc2ccc3ccc4cccc5ccc2c3c45)cc(C#C[Si](C)(C)C)c1. The Morgan fingerprint density at radius 3 is 1.91 bits per heavy atom. The van der Waals surface area contributed by atoms with Crippen LogP contribution in [0.3, 0.4) is 0 Å². The molecule has 5 aromatic rings. The predicted octanol–water partition coefficient (Wildman–Crippen LogP) is 7.19. The zero-order chi connectivity index (χ0) is 22.3. The van der Waals surface area contributed by atoms with Crippen molar-refractivity contribution in [2.75, 3.05) is 0 Å². The van der Waals surface area contributed by atoms with Gasteiger partial charge in [-0.2, -0.15) is 0 Å². The number of terminal acetylenes is 1. The lowest BCUT2D eigenvalue weighted by atomic mass is 9.92. The van der Waals surface area contributed by atoms with Gasteiger partial charge in [-0.1, -0.05) is 91.9 Å². The molecular formula is C31H22Si. The van der Waals surface area contributed by atoms with Crippen LogP contribution in [0.1, 0.15) is 22.3 Å². The lowest BCUT2D eigenvalue weighted by molar-refractivity contribution is 1.56. The predicted molar refractivity (Wildman–Crippen MR) is 141 cm³/mol. The van der Waals surface area contributed by atoms with Gasteiger partial charge in [-0.15, -0.1) is 12.0 Å². The van der Waals surface area contributed by atoms with Crippen LogP contribution in [0, 0.1) is 35.6 Å². The zero-order valence-corrected chi connectivity index (χ0v) is 19.5. The smallest absolute Gasteiger partial charge is 0.127 e. The molecule has 0 heterocycles. The highest BCUT2D eigenvalue weighted by atomic mass is 28.3. The molecule has 0 saturated heterocycles. The molecule has 0 aliphatic heterocycles. The fourth-order valence-corrected chi connectivity index (χ4v) is 4.62. The highest BCUT2D eigenvalue weighted by Gasteiger charge is 2.10.